The van der Waals surface area contributed by atoms with Gasteiger partial charge in [-0.15, -0.1) is 0 Å². The van der Waals surface area contributed by atoms with Gasteiger partial charge in [0, 0.05) is 0 Å². The fourth-order valence-corrected chi connectivity index (χ4v) is 2.84. The van der Waals surface area contributed by atoms with Crippen molar-refractivity contribution in [2.24, 2.45) is 5.92 Å². The molecule has 1 aromatic carbocycles. The molecule has 0 aliphatic heterocycles. The van der Waals surface area contributed by atoms with Gasteiger partial charge in [-0.25, -0.2) is 4.39 Å². The molecule has 5 heteroatoms. The summed E-state index contributed by atoms with van der Waals surface area (Å²) in [4.78, 5) is 0. The summed E-state index contributed by atoms with van der Waals surface area (Å²) >= 11 is 0. The highest BCUT2D eigenvalue weighted by atomic mass is 19.4. The van der Waals surface area contributed by atoms with Crippen molar-refractivity contribution >= 4 is 0 Å². The van der Waals surface area contributed by atoms with Crippen LogP contribution in [0.5, 0.6) is 0 Å². The van der Waals surface area contributed by atoms with Crippen molar-refractivity contribution in [3.63, 3.8) is 0 Å². The van der Waals surface area contributed by atoms with E-state index in [4.69, 9.17) is 0 Å². The summed E-state index contributed by atoms with van der Waals surface area (Å²) in [7, 11) is 0. The molecule has 0 saturated heterocycles. The van der Waals surface area contributed by atoms with E-state index >= 15 is 0 Å². The first-order chi connectivity index (χ1) is 9.39. The van der Waals surface area contributed by atoms with Gasteiger partial charge in [0.05, 0.1) is 11.7 Å². The Kier molecular flexibility index (Phi) is 4.68. The van der Waals surface area contributed by atoms with Crippen molar-refractivity contribution < 1.29 is 22.7 Å². The lowest BCUT2D eigenvalue weighted by molar-refractivity contribution is -0.140. The van der Waals surface area contributed by atoms with Gasteiger partial charge in [-0.2, -0.15) is 13.2 Å². The molecule has 1 aromatic rings. The lowest BCUT2D eigenvalue weighted by Crippen LogP contribution is -2.14. The zero-order chi connectivity index (χ0) is 14.8. The highest BCUT2D eigenvalue weighted by Crippen LogP contribution is 2.36. The molecule has 112 valence electrons. The number of hydrogen-bond donors (Lipinski definition) is 1. The average molecular weight is 290 g/mol. The Morgan fingerprint density at radius 1 is 1.05 bits per heavy atom. The summed E-state index contributed by atoms with van der Waals surface area (Å²) in [6.45, 7) is 0. The second-order valence-corrected chi connectivity index (χ2v) is 5.43. The quantitative estimate of drug-likeness (QED) is 0.610. The minimum absolute atomic E-state index is 0.00800. The van der Waals surface area contributed by atoms with Gasteiger partial charge in [0.15, 0.2) is 0 Å². The molecule has 0 radical (unpaired) electrons. The van der Waals surface area contributed by atoms with Crippen LogP contribution in [0.25, 0.3) is 0 Å². The Morgan fingerprint density at radius 2 is 1.65 bits per heavy atom. The maximum absolute atomic E-state index is 13.5. The highest BCUT2D eigenvalue weighted by molar-refractivity contribution is 5.28. The van der Waals surface area contributed by atoms with E-state index in [0.29, 0.717) is 6.07 Å². The Morgan fingerprint density at radius 3 is 2.15 bits per heavy atom. The van der Waals surface area contributed by atoms with E-state index in [1.807, 2.05) is 0 Å². The van der Waals surface area contributed by atoms with Crippen molar-refractivity contribution in [1.82, 2.24) is 0 Å². The van der Waals surface area contributed by atoms with E-state index in [1.165, 1.54) is 6.07 Å². The van der Waals surface area contributed by atoms with Gasteiger partial charge < -0.3 is 5.11 Å². The predicted octanol–water partition coefficient (Wildman–Crippen LogP) is 4.85. The molecule has 0 heterocycles. The van der Waals surface area contributed by atoms with Gasteiger partial charge in [-0.3, -0.25) is 0 Å². The number of rotatable bonds is 2. The minimum atomic E-state index is -4.70. The van der Waals surface area contributed by atoms with Crippen LogP contribution in [0.4, 0.5) is 17.6 Å². The Balaban J connectivity index is 2.18. The zero-order valence-electron chi connectivity index (χ0n) is 11.1. The lowest BCUT2D eigenvalue weighted by Gasteiger charge is -2.22. The standard InChI is InChI=1S/C15H18F4O/c16-13-9-11(7-8-12(13)15(17,18)19)14(20)10-5-3-1-2-4-6-10/h7-10,14,20H,1-6H2. The highest BCUT2D eigenvalue weighted by Gasteiger charge is 2.34. The van der Waals surface area contributed by atoms with Crippen molar-refractivity contribution in [3.8, 4) is 0 Å². The van der Waals surface area contributed by atoms with Crippen LogP contribution in [-0.4, -0.2) is 5.11 Å². The molecule has 1 aliphatic carbocycles. The van der Waals surface area contributed by atoms with Gasteiger partial charge in [-0.05, 0) is 36.5 Å². The minimum Gasteiger partial charge on any atom is -0.388 e. The second-order valence-electron chi connectivity index (χ2n) is 5.43. The number of halogens is 4. The topological polar surface area (TPSA) is 20.2 Å². The van der Waals surface area contributed by atoms with Gasteiger partial charge in [0.25, 0.3) is 0 Å². The maximum Gasteiger partial charge on any atom is 0.419 e. The SMILES string of the molecule is OC(c1ccc(C(F)(F)F)c(F)c1)C1CCCCCC1. The Hall–Kier alpha value is -1.10. The summed E-state index contributed by atoms with van der Waals surface area (Å²) in [5.74, 6) is -1.31. The molecular weight excluding hydrogens is 272 g/mol. The molecule has 2 rings (SSSR count). The summed E-state index contributed by atoms with van der Waals surface area (Å²) in [6.07, 6.45) is 0.332. The molecule has 0 bridgehead atoms. The fourth-order valence-electron chi connectivity index (χ4n) is 2.84. The largest absolute Gasteiger partial charge is 0.419 e. The molecule has 0 spiro atoms. The monoisotopic (exact) mass is 290 g/mol. The molecule has 1 fully saturated rings. The van der Waals surface area contributed by atoms with Crippen LogP contribution in [0.1, 0.15) is 55.8 Å². The van der Waals surface area contributed by atoms with Crippen molar-refractivity contribution in [2.45, 2.75) is 50.8 Å². The van der Waals surface area contributed by atoms with E-state index < -0.39 is 23.7 Å². The molecule has 1 nitrogen and oxygen atoms in total. The number of aliphatic hydroxyl groups is 1. The van der Waals surface area contributed by atoms with Crippen LogP contribution >= 0.6 is 0 Å². The van der Waals surface area contributed by atoms with Crippen LogP contribution < -0.4 is 0 Å². The molecular formula is C15H18F4O. The van der Waals surface area contributed by atoms with E-state index in [2.05, 4.69) is 0 Å². The van der Waals surface area contributed by atoms with Crippen molar-refractivity contribution in [1.29, 1.82) is 0 Å². The molecule has 20 heavy (non-hydrogen) atoms. The first-order valence-corrected chi connectivity index (χ1v) is 6.94. The average Bonchev–Trinajstić information content (AvgIpc) is 2.65. The lowest BCUT2D eigenvalue weighted by atomic mass is 9.89. The summed E-state index contributed by atoms with van der Waals surface area (Å²) in [5.41, 5.74) is -1.04. The van der Waals surface area contributed by atoms with Crippen molar-refractivity contribution in [3.05, 3.63) is 35.1 Å². The number of alkyl halides is 3. The van der Waals surface area contributed by atoms with Crippen molar-refractivity contribution in [2.75, 3.05) is 0 Å². The smallest absolute Gasteiger partial charge is 0.388 e. The number of benzene rings is 1. The Labute approximate surface area is 115 Å². The van der Waals surface area contributed by atoms with Gasteiger partial charge in [-0.1, -0.05) is 31.7 Å². The second kappa shape index (κ2) is 6.12. The Bertz CT molecular complexity index is 448. The number of aliphatic hydroxyl groups excluding tert-OH is 1. The molecule has 1 N–H and O–H groups in total. The van der Waals surface area contributed by atoms with Gasteiger partial charge in [0.2, 0.25) is 0 Å². The van der Waals surface area contributed by atoms with E-state index in [1.54, 1.807) is 0 Å². The predicted molar refractivity (Wildman–Crippen MR) is 67.6 cm³/mol. The molecule has 1 saturated carbocycles. The van der Waals surface area contributed by atoms with Gasteiger partial charge >= 0.3 is 6.18 Å². The van der Waals surface area contributed by atoms with Crippen LogP contribution in [0.2, 0.25) is 0 Å². The van der Waals surface area contributed by atoms with E-state index in [0.717, 1.165) is 44.6 Å². The van der Waals surface area contributed by atoms with E-state index in [9.17, 15) is 22.7 Å². The normalized spacial score (nSPS) is 19.6. The van der Waals surface area contributed by atoms with E-state index in [-0.39, 0.29) is 11.5 Å². The van der Waals surface area contributed by atoms with Crippen LogP contribution in [0, 0.1) is 11.7 Å². The molecule has 1 unspecified atom stereocenters. The third-order valence-corrected chi connectivity index (χ3v) is 3.99. The summed E-state index contributed by atoms with van der Waals surface area (Å²) < 4.78 is 51.0. The zero-order valence-corrected chi connectivity index (χ0v) is 11.1. The van der Waals surface area contributed by atoms with Gasteiger partial charge in [0.1, 0.15) is 5.82 Å². The molecule has 1 atom stereocenters. The fraction of sp³-hybridized carbons (Fsp3) is 0.600. The van der Waals surface area contributed by atoms with Crippen LogP contribution in [0.3, 0.4) is 0 Å². The van der Waals surface area contributed by atoms with Crippen LogP contribution in [-0.2, 0) is 6.18 Å². The first-order valence-electron chi connectivity index (χ1n) is 6.94. The summed E-state index contributed by atoms with van der Waals surface area (Å²) in [6, 6.07) is 2.71. The first kappa shape index (κ1) is 15.3. The molecule has 0 aromatic heterocycles. The maximum atomic E-state index is 13.5. The third kappa shape index (κ3) is 3.51. The third-order valence-electron chi connectivity index (χ3n) is 3.99. The number of hydrogen-bond acceptors (Lipinski definition) is 1. The molecule has 0 amide bonds. The molecule has 1 aliphatic rings. The van der Waals surface area contributed by atoms with Crippen LogP contribution in [0.15, 0.2) is 18.2 Å². The summed E-state index contributed by atoms with van der Waals surface area (Å²) in [5, 5.41) is 10.2.